The molecule has 2 rings (SSSR count). The van der Waals surface area contributed by atoms with E-state index < -0.39 is 9.84 Å². The van der Waals surface area contributed by atoms with Crippen LogP contribution in [-0.2, 0) is 15.2 Å². The molecule has 1 aromatic carbocycles. The van der Waals surface area contributed by atoms with Crippen LogP contribution in [0.25, 0.3) is 0 Å². The Kier molecular flexibility index (Phi) is 4.00. The summed E-state index contributed by atoms with van der Waals surface area (Å²) in [6, 6.07) is 5.71. The van der Waals surface area contributed by atoms with E-state index in [1.165, 1.54) is 0 Å². The van der Waals surface area contributed by atoms with Gasteiger partial charge < -0.3 is 4.90 Å². The van der Waals surface area contributed by atoms with Gasteiger partial charge in [-0.3, -0.25) is 0 Å². The molecule has 0 spiro atoms. The third-order valence-corrected chi connectivity index (χ3v) is 5.32. The Bertz CT molecular complexity index is 504. The molecule has 1 saturated heterocycles. The minimum atomic E-state index is -2.83. The van der Waals surface area contributed by atoms with Crippen molar-refractivity contribution in [3.05, 3.63) is 28.8 Å². The summed E-state index contributed by atoms with van der Waals surface area (Å²) in [4.78, 5) is 2.11. The number of benzene rings is 1. The lowest BCUT2D eigenvalue weighted by Gasteiger charge is -2.30. The van der Waals surface area contributed by atoms with E-state index >= 15 is 0 Å². The van der Waals surface area contributed by atoms with Gasteiger partial charge in [-0.25, -0.2) is 8.42 Å². The molecule has 0 amide bonds. The van der Waals surface area contributed by atoms with Gasteiger partial charge in [0, 0.05) is 29.1 Å². The van der Waals surface area contributed by atoms with Gasteiger partial charge in [-0.15, -0.1) is 0 Å². The first-order valence-electron chi connectivity index (χ1n) is 5.31. The number of hydrogen-bond donors (Lipinski definition) is 0. The Morgan fingerprint density at radius 1 is 1.29 bits per heavy atom. The summed E-state index contributed by atoms with van der Waals surface area (Å²) in [5, 5.41) is 1.42. The highest BCUT2D eigenvalue weighted by Gasteiger charge is 2.22. The molecule has 1 fully saturated rings. The van der Waals surface area contributed by atoms with Crippen molar-refractivity contribution in [2.75, 3.05) is 29.5 Å². The number of anilines is 1. The number of sulfone groups is 1. The molecular weight excluding hydrogens is 326 g/mol. The molecule has 0 unspecified atom stereocenters. The molecule has 1 aliphatic heterocycles. The molecule has 1 aliphatic rings. The quantitative estimate of drug-likeness (QED) is 0.778. The number of rotatable bonds is 2. The van der Waals surface area contributed by atoms with E-state index in [-0.39, 0.29) is 11.5 Å². The van der Waals surface area contributed by atoms with Crippen molar-refractivity contribution in [1.82, 2.24) is 0 Å². The van der Waals surface area contributed by atoms with Gasteiger partial charge in [-0.1, -0.05) is 27.5 Å². The highest BCUT2D eigenvalue weighted by atomic mass is 79.9. The van der Waals surface area contributed by atoms with Crippen LogP contribution in [0.5, 0.6) is 0 Å². The van der Waals surface area contributed by atoms with Crippen molar-refractivity contribution in [3.8, 4) is 0 Å². The van der Waals surface area contributed by atoms with E-state index in [1.807, 2.05) is 18.2 Å². The van der Waals surface area contributed by atoms with Gasteiger partial charge in [0.15, 0.2) is 9.84 Å². The van der Waals surface area contributed by atoms with Crippen LogP contribution in [0, 0.1) is 0 Å². The minimum Gasteiger partial charge on any atom is -0.369 e. The summed E-state index contributed by atoms with van der Waals surface area (Å²) < 4.78 is 22.8. The Morgan fingerprint density at radius 3 is 2.53 bits per heavy atom. The Balaban J connectivity index is 2.24. The smallest absolute Gasteiger partial charge is 0.153 e. The van der Waals surface area contributed by atoms with Gasteiger partial charge in [0.25, 0.3) is 0 Å². The van der Waals surface area contributed by atoms with E-state index in [0.29, 0.717) is 23.4 Å². The number of nitrogens with zero attached hydrogens (tertiary/aromatic N) is 1. The van der Waals surface area contributed by atoms with E-state index in [9.17, 15) is 8.42 Å². The van der Waals surface area contributed by atoms with Crippen molar-refractivity contribution in [1.29, 1.82) is 0 Å². The molecule has 3 nitrogen and oxygen atoms in total. The molecule has 17 heavy (non-hydrogen) atoms. The van der Waals surface area contributed by atoms with Crippen LogP contribution in [0.3, 0.4) is 0 Å². The molecule has 0 atom stereocenters. The molecule has 0 saturated carbocycles. The van der Waals surface area contributed by atoms with Crippen LogP contribution in [0.1, 0.15) is 5.56 Å². The van der Waals surface area contributed by atoms with Gasteiger partial charge in [-0.2, -0.15) is 0 Å². The third kappa shape index (κ3) is 3.14. The van der Waals surface area contributed by atoms with Gasteiger partial charge >= 0.3 is 0 Å². The standard InChI is InChI=1S/C11H13BrClNO2S/c12-8-9-7-10(13)1-2-11(9)14-3-5-17(15,16)6-4-14/h1-2,7H,3-6,8H2. The van der Waals surface area contributed by atoms with Crippen molar-refractivity contribution in [2.45, 2.75) is 5.33 Å². The normalized spacial score (nSPS) is 19.3. The molecule has 0 N–H and O–H groups in total. The zero-order valence-corrected chi connectivity index (χ0v) is 12.4. The topological polar surface area (TPSA) is 37.4 Å². The van der Waals surface area contributed by atoms with E-state index in [2.05, 4.69) is 20.8 Å². The van der Waals surface area contributed by atoms with Crippen molar-refractivity contribution < 1.29 is 8.42 Å². The second-order valence-corrected chi connectivity index (χ2v) is 7.35. The van der Waals surface area contributed by atoms with Crippen LogP contribution >= 0.6 is 27.5 Å². The monoisotopic (exact) mass is 337 g/mol. The van der Waals surface area contributed by atoms with E-state index in [1.54, 1.807) is 0 Å². The summed E-state index contributed by atoms with van der Waals surface area (Å²) in [6.07, 6.45) is 0. The molecule has 1 aromatic rings. The summed E-state index contributed by atoms with van der Waals surface area (Å²) in [6.45, 7) is 1.12. The highest BCUT2D eigenvalue weighted by Crippen LogP contribution is 2.27. The molecular formula is C11H13BrClNO2S. The second-order valence-electron chi connectivity index (χ2n) is 4.05. The van der Waals surface area contributed by atoms with Crippen molar-refractivity contribution >= 4 is 43.1 Å². The maximum absolute atomic E-state index is 11.4. The molecule has 94 valence electrons. The van der Waals surface area contributed by atoms with Gasteiger partial charge in [0.1, 0.15) is 0 Å². The largest absolute Gasteiger partial charge is 0.369 e. The summed E-state index contributed by atoms with van der Waals surface area (Å²) in [5.41, 5.74) is 2.16. The third-order valence-electron chi connectivity index (χ3n) is 2.87. The Hall–Kier alpha value is -0.260. The van der Waals surface area contributed by atoms with Crippen LogP contribution in [0.15, 0.2) is 18.2 Å². The predicted molar refractivity (Wildman–Crippen MR) is 74.9 cm³/mol. The number of hydrogen-bond acceptors (Lipinski definition) is 3. The summed E-state index contributed by atoms with van der Waals surface area (Å²) in [5.74, 6) is 0.467. The van der Waals surface area contributed by atoms with Gasteiger partial charge in [-0.05, 0) is 23.8 Å². The first-order chi connectivity index (χ1) is 8.02. The predicted octanol–water partition coefficient (Wildman–Crippen LogP) is 2.47. The number of halogens is 2. The maximum atomic E-state index is 11.4. The summed E-state index contributed by atoms with van der Waals surface area (Å²) in [7, 11) is -2.83. The SMILES string of the molecule is O=S1(=O)CCN(c2ccc(Cl)cc2CBr)CC1. The fraction of sp³-hybridized carbons (Fsp3) is 0.455. The molecule has 0 bridgehead atoms. The zero-order chi connectivity index (χ0) is 12.5. The van der Waals surface area contributed by atoms with Crippen molar-refractivity contribution in [3.63, 3.8) is 0 Å². The Labute approximate surface area is 115 Å². The van der Waals surface area contributed by atoms with Gasteiger partial charge in [0.05, 0.1) is 11.5 Å². The lowest BCUT2D eigenvalue weighted by molar-refractivity contribution is 0.586. The molecule has 0 aromatic heterocycles. The first kappa shape index (κ1) is 13.2. The molecule has 0 aliphatic carbocycles. The van der Waals surface area contributed by atoms with Crippen molar-refractivity contribution in [2.24, 2.45) is 0 Å². The minimum absolute atomic E-state index is 0.233. The van der Waals surface area contributed by atoms with Crippen LogP contribution in [-0.4, -0.2) is 33.0 Å². The molecule has 0 radical (unpaired) electrons. The second kappa shape index (κ2) is 5.16. The number of alkyl halides is 1. The lowest BCUT2D eigenvalue weighted by atomic mass is 10.2. The van der Waals surface area contributed by atoms with E-state index in [4.69, 9.17) is 11.6 Å². The fourth-order valence-electron chi connectivity index (χ4n) is 1.92. The van der Waals surface area contributed by atoms with Crippen LogP contribution < -0.4 is 4.90 Å². The highest BCUT2D eigenvalue weighted by molar-refractivity contribution is 9.08. The van der Waals surface area contributed by atoms with Crippen LogP contribution in [0.4, 0.5) is 5.69 Å². The lowest BCUT2D eigenvalue weighted by Crippen LogP contribution is -2.40. The first-order valence-corrected chi connectivity index (χ1v) is 8.64. The maximum Gasteiger partial charge on any atom is 0.153 e. The fourth-order valence-corrected chi connectivity index (χ4v) is 3.77. The average Bonchev–Trinajstić information content (AvgIpc) is 2.29. The average molecular weight is 339 g/mol. The molecule has 6 heteroatoms. The van der Waals surface area contributed by atoms with Crippen LogP contribution in [0.2, 0.25) is 5.02 Å². The van der Waals surface area contributed by atoms with Gasteiger partial charge in [0.2, 0.25) is 0 Å². The van der Waals surface area contributed by atoms with E-state index in [0.717, 1.165) is 11.3 Å². The zero-order valence-electron chi connectivity index (χ0n) is 9.20. The summed E-state index contributed by atoms with van der Waals surface area (Å²) >= 11 is 9.37. The Morgan fingerprint density at radius 2 is 1.94 bits per heavy atom. The molecule has 1 heterocycles.